The summed E-state index contributed by atoms with van der Waals surface area (Å²) in [5.74, 6) is -0.275. The monoisotopic (exact) mass is 413 g/mol. The van der Waals surface area contributed by atoms with Crippen LogP contribution in [0, 0.1) is 5.82 Å². The van der Waals surface area contributed by atoms with E-state index < -0.39 is 0 Å². The normalized spacial score (nSPS) is 14.3. The Morgan fingerprint density at radius 2 is 1.90 bits per heavy atom. The van der Waals surface area contributed by atoms with E-state index in [-0.39, 0.29) is 11.7 Å². The van der Waals surface area contributed by atoms with E-state index in [1.165, 1.54) is 12.3 Å². The predicted molar refractivity (Wildman–Crippen MR) is 110 cm³/mol. The molecule has 2 aromatic carbocycles. The van der Waals surface area contributed by atoms with E-state index in [1.807, 2.05) is 29.2 Å². The molecule has 150 valence electrons. The molecular weight excluding hydrogens is 393 g/mol. The Hall–Kier alpha value is -2.86. The van der Waals surface area contributed by atoms with Gasteiger partial charge in [-0.3, -0.25) is 4.79 Å². The minimum atomic E-state index is -0.355. The average Bonchev–Trinajstić information content (AvgIpc) is 3.21. The van der Waals surface area contributed by atoms with Crippen LogP contribution in [-0.2, 0) is 11.2 Å². The molecule has 5 nitrogen and oxygen atoms in total. The van der Waals surface area contributed by atoms with E-state index in [1.54, 1.807) is 18.2 Å². The van der Waals surface area contributed by atoms with Crippen LogP contribution in [0.5, 0.6) is 0 Å². The van der Waals surface area contributed by atoms with Gasteiger partial charge in [0.15, 0.2) is 0 Å². The fourth-order valence-corrected chi connectivity index (χ4v) is 3.78. The molecule has 1 saturated heterocycles. The minimum absolute atomic E-state index is 0.0800. The molecule has 0 atom stereocenters. The number of aromatic nitrogens is 1. The highest BCUT2D eigenvalue weighted by Crippen LogP contribution is 2.26. The number of hydrogen-bond acceptors (Lipinski definition) is 4. The van der Waals surface area contributed by atoms with Crippen molar-refractivity contribution in [3.63, 3.8) is 0 Å². The summed E-state index contributed by atoms with van der Waals surface area (Å²) < 4.78 is 19.1. The van der Waals surface area contributed by atoms with Gasteiger partial charge in [0.05, 0.1) is 0 Å². The minimum Gasteiger partial charge on any atom is -0.368 e. The Bertz CT molecular complexity index is 999. The molecule has 1 aliphatic rings. The van der Waals surface area contributed by atoms with Gasteiger partial charge >= 0.3 is 0 Å². The molecule has 0 bridgehead atoms. The molecule has 0 spiro atoms. The first-order chi connectivity index (χ1) is 14.1. The summed E-state index contributed by atoms with van der Waals surface area (Å²) >= 11 is 6.07. The molecule has 1 fully saturated rings. The molecule has 0 N–H and O–H groups in total. The first-order valence-electron chi connectivity index (χ1n) is 9.58. The van der Waals surface area contributed by atoms with Gasteiger partial charge < -0.3 is 14.3 Å². The molecule has 2 heterocycles. The summed E-state index contributed by atoms with van der Waals surface area (Å²) in [6.45, 7) is 2.85. The first kappa shape index (κ1) is 19.5. The van der Waals surface area contributed by atoms with E-state index >= 15 is 0 Å². The van der Waals surface area contributed by atoms with Crippen molar-refractivity contribution in [1.82, 2.24) is 10.1 Å². The molecule has 4 rings (SSSR count). The number of halogens is 2. The third-order valence-corrected chi connectivity index (χ3v) is 5.42. The van der Waals surface area contributed by atoms with E-state index in [0.717, 1.165) is 24.3 Å². The van der Waals surface area contributed by atoms with Crippen molar-refractivity contribution in [1.29, 1.82) is 0 Å². The second-order valence-electron chi connectivity index (χ2n) is 7.02. The van der Waals surface area contributed by atoms with E-state index in [2.05, 4.69) is 10.1 Å². The van der Waals surface area contributed by atoms with Gasteiger partial charge in [-0.05, 0) is 36.8 Å². The summed E-state index contributed by atoms with van der Waals surface area (Å²) in [5.41, 5.74) is 2.66. The number of carbonyl (C=O) groups excluding carboxylic acids is 1. The lowest BCUT2D eigenvalue weighted by Crippen LogP contribution is -2.48. The Morgan fingerprint density at radius 1 is 1.10 bits per heavy atom. The van der Waals surface area contributed by atoms with Crippen LogP contribution < -0.4 is 4.90 Å². The smallest absolute Gasteiger partial charge is 0.223 e. The molecule has 0 radical (unpaired) electrons. The lowest BCUT2D eigenvalue weighted by Gasteiger charge is -2.36. The number of hydrogen-bond donors (Lipinski definition) is 0. The quantitative estimate of drug-likeness (QED) is 0.621. The zero-order chi connectivity index (χ0) is 20.2. The van der Waals surface area contributed by atoms with Crippen LogP contribution in [0.25, 0.3) is 11.3 Å². The zero-order valence-corrected chi connectivity index (χ0v) is 16.6. The van der Waals surface area contributed by atoms with Crippen LogP contribution in [0.15, 0.2) is 59.3 Å². The van der Waals surface area contributed by atoms with E-state index in [4.69, 9.17) is 16.1 Å². The van der Waals surface area contributed by atoms with Gasteiger partial charge in [-0.15, -0.1) is 0 Å². The highest BCUT2D eigenvalue weighted by molar-refractivity contribution is 6.30. The Balaban J connectivity index is 1.34. The molecular formula is C22H21ClFN3O2. The summed E-state index contributed by atoms with van der Waals surface area (Å²) in [6.07, 6.45) is 2.28. The van der Waals surface area contributed by atoms with Crippen molar-refractivity contribution in [3.8, 4) is 11.3 Å². The van der Waals surface area contributed by atoms with Gasteiger partial charge in [0.1, 0.15) is 17.8 Å². The number of aryl methyl sites for hydroxylation is 1. The zero-order valence-electron chi connectivity index (χ0n) is 15.9. The van der Waals surface area contributed by atoms with Crippen LogP contribution in [0.4, 0.5) is 10.1 Å². The van der Waals surface area contributed by atoms with Gasteiger partial charge in [0.25, 0.3) is 0 Å². The summed E-state index contributed by atoms with van der Waals surface area (Å²) in [7, 11) is 0. The Labute approximate surface area is 173 Å². The fourth-order valence-electron chi connectivity index (χ4n) is 3.60. The van der Waals surface area contributed by atoms with E-state index in [9.17, 15) is 9.18 Å². The largest absolute Gasteiger partial charge is 0.368 e. The number of carbonyl (C=O) groups is 1. The van der Waals surface area contributed by atoms with Crippen molar-refractivity contribution >= 4 is 23.2 Å². The molecule has 0 aliphatic carbocycles. The number of benzene rings is 2. The number of rotatable bonds is 5. The van der Waals surface area contributed by atoms with Crippen molar-refractivity contribution in [2.75, 3.05) is 31.1 Å². The molecule has 1 amide bonds. The lowest BCUT2D eigenvalue weighted by atomic mass is 10.0. The standard InChI is InChI=1S/C22H21ClFN3O2/c23-17-4-3-5-18(14-17)26-10-12-27(13-11-26)21(28)9-8-16-15-29-25-22(16)19-6-1-2-7-20(19)24/h1-7,14-15H,8-13H2. The van der Waals surface area contributed by atoms with Crippen molar-refractivity contribution in [2.45, 2.75) is 12.8 Å². The SMILES string of the molecule is O=C(CCc1conc1-c1ccccc1F)N1CCN(c2cccc(Cl)c2)CC1. The number of amides is 1. The highest BCUT2D eigenvalue weighted by Gasteiger charge is 2.22. The maximum Gasteiger partial charge on any atom is 0.223 e. The van der Waals surface area contributed by atoms with Crippen molar-refractivity contribution in [3.05, 3.63) is 71.2 Å². The first-order valence-corrected chi connectivity index (χ1v) is 9.96. The average molecular weight is 414 g/mol. The number of piperazine rings is 1. The lowest BCUT2D eigenvalue weighted by molar-refractivity contribution is -0.131. The molecule has 0 saturated carbocycles. The second kappa shape index (κ2) is 8.66. The van der Waals surface area contributed by atoms with Gasteiger partial charge in [-0.2, -0.15) is 0 Å². The van der Waals surface area contributed by atoms with Gasteiger partial charge in [-0.1, -0.05) is 35.0 Å². The topological polar surface area (TPSA) is 49.6 Å². The molecule has 1 aromatic heterocycles. The van der Waals surface area contributed by atoms with Gasteiger partial charge in [-0.25, -0.2) is 4.39 Å². The fraction of sp³-hybridized carbons (Fsp3) is 0.273. The molecule has 1 aliphatic heterocycles. The van der Waals surface area contributed by atoms with Gasteiger partial charge in [0.2, 0.25) is 5.91 Å². The van der Waals surface area contributed by atoms with Crippen LogP contribution in [0.1, 0.15) is 12.0 Å². The maximum absolute atomic E-state index is 14.1. The summed E-state index contributed by atoms with van der Waals surface area (Å²) in [4.78, 5) is 16.8. The number of nitrogens with zero attached hydrogens (tertiary/aromatic N) is 3. The van der Waals surface area contributed by atoms with Crippen LogP contribution in [0.3, 0.4) is 0 Å². The second-order valence-corrected chi connectivity index (χ2v) is 7.45. The molecule has 0 unspecified atom stereocenters. The maximum atomic E-state index is 14.1. The summed E-state index contributed by atoms with van der Waals surface area (Å²) in [5, 5.41) is 4.64. The van der Waals surface area contributed by atoms with Crippen molar-refractivity contribution < 1.29 is 13.7 Å². The summed E-state index contributed by atoms with van der Waals surface area (Å²) in [6, 6.07) is 14.2. The predicted octanol–water partition coefficient (Wildman–Crippen LogP) is 4.42. The van der Waals surface area contributed by atoms with Gasteiger partial charge in [0, 0.05) is 54.4 Å². The number of anilines is 1. The van der Waals surface area contributed by atoms with Crippen LogP contribution in [0.2, 0.25) is 5.02 Å². The molecule has 3 aromatic rings. The van der Waals surface area contributed by atoms with Crippen LogP contribution >= 0.6 is 11.6 Å². The van der Waals surface area contributed by atoms with Crippen molar-refractivity contribution in [2.24, 2.45) is 0 Å². The molecule has 7 heteroatoms. The van der Waals surface area contributed by atoms with Crippen LogP contribution in [-0.4, -0.2) is 42.1 Å². The van der Waals surface area contributed by atoms with E-state index in [0.29, 0.717) is 42.2 Å². The third kappa shape index (κ3) is 4.43. The molecule has 29 heavy (non-hydrogen) atoms. The Morgan fingerprint density at radius 3 is 2.66 bits per heavy atom. The Kier molecular flexibility index (Phi) is 5.81. The third-order valence-electron chi connectivity index (χ3n) is 5.19. The highest BCUT2D eigenvalue weighted by atomic mass is 35.5.